The summed E-state index contributed by atoms with van der Waals surface area (Å²) in [6.45, 7) is 2.85. The molecule has 0 bridgehead atoms. The fraction of sp³-hybridized carbons (Fsp3) is 0.444. The van der Waals surface area contributed by atoms with Crippen LogP contribution in [0.15, 0.2) is 35.7 Å². The van der Waals surface area contributed by atoms with Crippen LogP contribution in [-0.2, 0) is 6.42 Å². The van der Waals surface area contributed by atoms with Crippen LogP contribution in [0.3, 0.4) is 0 Å². The number of aromatic nitrogens is 1. The lowest BCUT2D eigenvalue weighted by Crippen LogP contribution is -2.30. The van der Waals surface area contributed by atoms with Crippen LogP contribution in [-0.4, -0.2) is 29.4 Å². The van der Waals surface area contributed by atoms with Gasteiger partial charge < -0.3 is 4.90 Å². The van der Waals surface area contributed by atoms with Gasteiger partial charge in [0.25, 0.3) is 5.91 Å². The Labute approximate surface area is 136 Å². The highest BCUT2D eigenvalue weighted by Gasteiger charge is 2.23. The Kier molecular flexibility index (Phi) is 4.57. The summed E-state index contributed by atoms with van der Waals surface area (Å²) in [5.41, 5.74) is 1.97. The van der Waals surface area contributed by atoms with Crippen LogP contribution in [0.4, 0.5) is 0 Å². The molecular weight excluding hydrogens is 292 g/mol. The van der Waals surface area contributed by atoms with Gasteiger partial charge in [0.1, 0.15) is 0 Å². The highest BCUT2D eigenvalue weighted by molar-refractivity contribution is 7.09. The van der Waals surface area contributed by atoms with Gasteiger partial charge in [-0.3, -0.25) is 4.79 Å². The second kappa shape index (κ2) is 6.61. The fourth-order valence-electron chi connectivity index (χ4n) is 2.63. The quantitative estimate of drug-likeness (QED) is 0.808. The zero-order valence-corrected chi connectivity index (χ0v) is 14.0. The predicted molar refractivity (Wildman–Crippen MR) is 90.4 cm³/mol. The van der Waals surface area contributed by atoms with Gasteiger partial charge in [-0.05, 0) is 37.3 Å². The third-order valence-electron chi connectivity index (χ3n) is 4.10. The van der Waals surface area contributed by atoms with Crippen molar-refractivity contribution in [2.24, 2.45) is 5.92 Å². The van der Waals surface area contributed by atoms with Crippen molar-refractivity contribution in [2.75, 3.05) is 13.6 Å². The maximum atomic E-state index is 12.4. The van der Waals surface area contributed by atoms with Crippen LogP contribution in [0.5, 0.6) is 0 Å². The van der Waals surface area contributed by atoms with Crippen LogP contribution in [0.25, 0.3) is 0 Å². The van der Waals surface area contributed by atoms with E-state index in [4.69, 9.17) is 4.98 Å². The van der Waals surface area contributed by atoms with Gasteiger partial charge in [0.15, 0.2) is 0 Å². The number of hydrogen-bond donors (Lipinski definition) is 0. The normalized spacial score (nSPS) is 15.5. The number of carbonyl (C=O) groups is 1. The van der Waals surface area contributed by atoms with E-state index in [2.05, 4.69) is 12.3 Å². The molecule has 116 valence electrons. The topological polar surface area (TPSA) is 33.2 Å². The van der Waals surface area contributed by atoms with Crippen molar-refractivity contribution in [2.45, 2.75) is 32.1 Å². The molecule has 0 radical (unpaired) electrons. The molecule has 0 aliphatic heterocycles. The second-order valence-corrected chi connectivity index (χ2v) is 7.17. The Morgan fingerprint density at radius 1 is 1.36 bits per heavy atom. The average molecular weight is 314 g/mol. The summed E-state index contributed by atoms with van der Waals surface area (Å²) < 4.78 is 0. The number of amides is 1. The van der Waals surface area contributed by atoms with Crippen LogP contribution in [0.2, 0.25) is 0 Å². The molecule has 0 unspecified atom stereocenters. The van der Waals surface area contributed by atoms with Crippen molar-refractivity contribution in [3.8, 4) is 0 Å². The van der Waals surface area contributed by atoms with E-state index in [0.717, 1.165) is 22.9 Å². The Morgan fingerprint density at radius 3 is 2.77 bits per heavy atom. The standard InChI is InChI=1S/C18H22N2OS/c1-13(17-19-16(12-22-17)10-14-8-9-14)11-20(2)18(21)15-6-4-3-5-7-15/h3-7,12-14H,8-11H2,1-2H3/t13-/m0/s1. The first kappa shape index (κ1) is 15.2. The summed E-state index contributed by atoms with van der Waals surface area (Å²) >= 11 is 1.73. The van der Waals surface area contributed by atoms with Crippen LogP contribution >= 0.6 is 11.3 Å². The van der Waals surface area contributed by atoms with Crippen LogP contribution < -0.4 is 0 Å². The summed E-state index contributed by atoms with van der Waals surface area (Å²) in [4.78, 5) is 18.9. The van der Waals surface area contributed by atoms with Crippen LogP contribution in [0.1, 0.15) is 46.7 Å². The van der Waals surface area contributed by atoms with Gasteiger partial charge in [-0.15, -0.1) is 11.3 Å². The summed E-state index contributed by atoms with van der Waals surface area (Å²) in [7, 11) is 1.87. The predicted octanol–water partition coefficient (Wildman–Crippen LogP) is 3.97. The van der Waals surface area contributed by atoms with Gasteiger partial charge in [-0.25, -0.2) is 4.98 Å². The molecule has 1 saturated carbocycles. The first-order chi connectivity index (χ1) is 10.6. The number of hydrogen-bond acceptors (Lipinski definition) is 3. The molecule has 1 atom stereocenters. The molecule has 0 saturated heterocycles. The van der Waals surface area contributed by atoms with Crippen molar-refractivity contribution >= 4 is 17.2 Å². The van der Waals surface area contributed by atoms with Crippen molar-refractivity contribution in [1.29, 1.82) is 0 Å². The van der Waals surface area contributed by atoms with E-state index < -0.39 is 0 Å². The van der Waals surface area contributed by atoms with E-state index in [9.17, 15) is 4.79 Å². The zero-order valence-electron chi connectivity index (χ0n) is 13.2. The lowest BCUT2D eigenvalue weighted by molar-refractivity contribution is 0.0788. The molecule has 1 fully saturated rings. The smallest absolute Gasteiger partial charge is 0.253 e. The summed E-state index contributed by atoms with van der Waals surface area (Å²) in [6.07, 6.45) is 3.84. The monoisotopic (exact) mass is 314 g/mol. The minimum Gasteiger partial charge on any atom is -0.341 e. The molecule has 0 N–H and O–H groups in total. The summed E-state index contributed by atoms with van der Waals surface area (Å²) in [6, 6.07) is 9.45. The van der Waals surface area contributed by atoms with Crippen LogP contribution in [0, 0.1) is 5.92 Å². The molecule has 3 nitrogen and oxygen atoms in total. The molecule has 1 amide bonds. The van der Waals surface area contributed by atoms with Gasteiger partial charge in [-0.1, -0.05) is 25.1 Å². The molecule has 22 heavy (non-hydrogen) atoms. The number of likely N-dealkylation sites (N-methyl/N-ethyl adjacent to an activating group) is 1. The second-order valence-electron chi connectivity index (χ2n) is 6.28. The molecule has 3 rings (SSSR count). The van der Waals surface area contributed by atoms with E-state index in [1.807, 2.05) is 37.4 Å². The minimum atomic E-state index is 0.0715. The maximum Gasteiger partial charge on any atom is 0.253 e. The van der Waals surface area contributed by atoms with Crippen molar-refractivity contribution < 1.29 is 4.79 Å². The maximum absolute atomic E-state index is 12.4. The van der Waals surface area contributed by atoms with Gasteiger partial charge >= 0.3 is 0 Å². The number of benzene rings is 1. The molecule has 2 aromatic rings. The largest absolute Gasteiger partial charge is 0.341 e. The Balaban J connectivity index is 1.59. The molecule has 1 aromatic carbocycles. The van der Waals surface area contributed by atoms with Crippen molar-refractivity contribution in [1.82, 2.24) is 9.88 Å². The SMILES string of the molecule is C[C@@H](CN(C)C(=O)c1ccccc1)c1nc(CC2CC2)cs1. The van der Waals surface area contributed by atoms with E-state index in [-0.39, 0.29) is 11.8 Å². The Hall–Kier alpha value is -1.68. The Morgan fingerprint density at radius 2 is 2.09 bits per heavy atom. The zero-order chi connectivity index (χ0) is 15.5. The lowest BCUT2D eigenvalue weighted by Gasteiger charge is -2.20. The third kappa shape index (κ3) is 3.74. The van der Waals surface area contributed by atoms with E-state index in [1.165, 1.54) is 18.5 Å². The van der Waals surface area contributed by atoms with E-state index in [1.54, 1.807) is 16.2 Å². The minimum absolute atomic E-state index is 0.0715. The fourth-order valence-corrected chi connectivity index (χ4v) is 3.52. The number of thiazole rings is 1. The number of rotatable bonds is 6. The van der Waals surface area contributed by atoms with E-state index >= 15 is 0 Å². The average Bonchev–Trinajstić information content (AvgIpc) is 3.22. The first-order valence-electron chi connectivity index (χ1n) is 7.88. The van der Waals surface area contributed by atoms with Gasteiger partial charge in [0.2, 0.25) is 0 Å². The lowest BCUT2D eigenvalue weighted by atomic mass is 10.1. The molecule has 1 aliphatic carbocycles. The van der Waals surface area contributed by atoms with Crippen molar-refractivity contribution in [3.05, 3.63) is 52.0 Å². The highest BCUT2D eigenvalue weighted by atomic mass is 32.1. The molecule has 1 aromatic heterocycles. The first-order valence-corrected chi connectivity index (χ1v) is 8.76. The highest BCUT2D eigenvalue weighted by Crippen LogP contribution is 2.33. The molecule has 1 heterocycles. The third-order valence-corrected chi connectivity index (χ3v) is 5.23. The van der Waals surface area contributed by atoms with Gasteiger partial charge in [-0.2, -0.15) is 0 Å². The summed E-state index contributed by atoms with van der Waals surface area (Å²) in [5, 5.41) is 3.33. The van der Waals surface area contributed by atoms with E-state index in [0.29, 0.717) is 6.54 Å². The van der Waals surface area contributed by atoms with Gasteiger partial charge in [0, 0.05) is 30.5 Å². The molecular formula is C18H22N2OS. The van der Waals surface area contributed by atoms with Crippen molar-refractivity contribution in [3.63, 3.8) is 0 Å². The molecule has 1 aliphatic rings. The molecule has 4 heteroatoms. The number of carbonyl (C=O) groups excluding carboxylic acids is 1. The Bertz CT molecular complexity index is 634. The molecule has 0 spiro atoms. The van der Waals surface area contributed by atoms with Gasteiger partial charge in [0.05, 0.1) is 10.7 Å². The summed E-state index contributed by atoms with van der Waals surface area (Å²) in [5.74, 6) is 1.21. The number of nitrogens with zero attached hydrogens (tertiary/aromatic N) is 2.